The fourth-order valence-electron chi connectivity index (χ4n) is 4.63. The number of hydrogen-bond donors (Lipinski definition) is 2. The average Bonchev–Trinajstić information content (AvgIpc) is 3.18. The van der Waals surface area contributed by atoms with Gasteiger partial charge >= 0.3 is 0 Å². The largest absolute Gasteiger partial charge is 0.508 e. The van der Waals surface area contributed by atoms with Crippen LogP contribution < -0.4 is 4.74 Å². The second kappa shape index (κ2) is 9.79. The summed E-state index contributed by atoms with van der Waals surface area (Å²) in [5.41, 5.74) is 1.70. The quantitative estimate of drug-likeness (QED) is 0.668. The third-order valence-corrected chi connectivity index (χ3v) is 7.04. The third-order valence-electron chi connectivity index (χ3n) is 6.30. The van der Waals surface area contributed by atoms with Crippen molar-refractivity contribution in [3.63, 3.8) is 0 Å². The summed E-state index contributed by atoms with van der Waals surface area (Å²) in [6, 6.07) is 8.70. The van der Waals surface area contributed by atoms with E-state index in [0.717, 1.165) is 17.5 Å². The molecule has 2 aliphatic rings. The standard InChI is InChI=1S/C24H26Cl2N2O5/c1-14-6-17(12-29)27(10-14)24(32)22-8-16-7-18(30)3-2-15(16)11-28(22)23(31)13-33-19-4-5-20(25)21(26)9-19/h2-5,7,9,14,17,22,29-30H,6,8,10-13H2,1H3/t14-,17+,22?/m1/s1. The number of aliphatic hydroxyl groups is 1. The summed E-state index contributed by atoms with van der Waals surface area (Å²) in [5.74, 6) is 0.247. The van der Waals surface area contributed by atoms with Gasteiger partial charge in [0, 0.05) is 25.6 Å². The number of phenols is 1. The van der Waals surface area contributed by atoms with E-state index in [1.165, 1.54) is 11.0 Å². The highest BCUT2D eigenvalue weighted by Gasteiger charge is 2.41. The highest BCUT2D eigenvalue weighted by molar-refractivity contribution is 6.42. The Labute approximate surface area is 202 Å². The first-order valence-corrected chi connectivity index (χ1v) is 11.6. The molecular formula is C24H26Cl2N2O5. The third kappa shape index (κ3) is 5.05. The SMILES string of the molecule is C[C@@H]1C[C@@H](CO)N(C(=O)C2Cc3cc(O)ccc3CN2C(=O)COc2ccc(Cl)c(Cl)c2)C1. The molecule has 7 nitrogen and oxygen atoms in total. The number of benzene rings is 2. The topological polar surface area (TPSA) is 90.3 Å². The second-order valence-corrected chi connectivity index (χ2v) is 9.54. The molecule has 176 valence electrons. The van der Waals surface area contributed by atoms with Gasteiger partial charge in [0.25, 0.3) is 5.91 Å². The highest BCUT2D eigenvalue weighted by Crippen LogP contribution is 2.31. The van der Waals surface area contributed by atoms with Crippen LogP contribution in [0.4, 0.5) is 0 Å². The number of amides is 2. The van der Waals surface area contributed by atoms with Crippen molar-refractivity contribution in [2.24, 2.45) is 5.92 Å². The smallest absolute Gasteiger partial charge is 0.261 e. The number of ether oxygens (including phenoxy) is 1. The molecule has 0 saturated carbocycles. The second-order valence-electron chi connectivity index (χ2n) is 8.73. The predicted octanol–water partition coefficient (Wildman–Crippen LogP) is 3.26. The predicted molar refractivity (Wildman–Crippen MR) is 124 cm³/mol. The molecule has 2 aromatic carbocycles. The van der Waals surface area contributed by atoms with Crippen LogP contribution >= 0.6 is 23.2 Å². The summed E-state index contributed by atoms with van der Waals surface area (Å²) in [6.07, 6.45) is 1.00. The molecule has 0 aliphatic carbocycles. The lowest BCUT2D eigenvalue weighted by Gasteiger charge is -2.39. The van der Waals surface area contributed by atoms with Crippen LogP contribution in [0.25, 0.3) is 0 Å². The van der Waals surface area contributed by atoms with E-state index in [4.69, 9.17) is 27.9 Å². The Balaban J connectivity index is 1.57. The minimum absolute atomic E-state index is 0.116. The maximum atomic E-state index is 13.6. The first kappa shape index (κ1) is 23.7. The summed E-state index contributed by atoms with van der Waals surface area (Å²) < 4.78 is 5.64. The van der Waals surface area contributed by atoms with Crippen LogP contribution in [0.3, 0.4) is 0 Å². The van der Waals surface area contributed by atoms with Crippen LogP contribution in [0, 0.1) is 5.92 Å². The molecule has 2 aromatic rings. The normalized spacial score (nSPS) is 22.2. The summed E-state index contributed by atoms with van der Waals surface area (Å²) in [7, 11) is 0. The maximum Gasteiger partial charge on any atom is 0.261 e. The molecule has 33 heavy (non-hydrogen) atoms. The Hall–Kier alpha value is -2.48. The molecule has 2 amide bonds. The van der Waals surface area contributed by atoms with Crippen LogP contribution in [-0.2, 0) is 22.6 Å². The van der Waals surface area contributed by atoms with Crippen molar-refractivity contribution >= 4 is 35.0 Å². The van der Waals surface area contributed by atoms with Crippen molar-refractivity contribution in [2.75, 3.05) is 19.8 Å². The number of carbonyl (C=O) groups excluding carboxylic acids is 2. The summed E-state index contributed by atoms with van der Waals surface area (Å²) in [6.45, 7) is 2.42. The lowest BCUT2D eigenvalue weighted by Crippen LogP contribution is -2.55. The molecular weight excluding hydrogens is 467 g/mol. The van der Waals surface area contributed by atoms with Gasteiger partial charge in [-0.3, -0.25) is 9.59 Å². The number of carbonyl (C=O) groups is 2. The zero-order valence-corrected chi connectivity index (χ0v) is 19.7. The van der Waals surface area contributed by atoms with Crippen molar-refractivity contribution in [3.8, 4) is 11.5 Å². The number of halogens is 2. The van der Waals surface area contributed by atoms with Gasteiger partial charge in [-0.2, -0.15) is 0 Å². The van der Waals surface area contributed by atoms with Gasteiger partial charge in [0.2, 0.25) is 5.91 Å². The van der Waals surface area contributed by atoms with E-state index in [-0.39, 0.29) is 55.7 Å². The Morgan fingerprint density at radius 3 is 2.61 bits per heavy atom. The summed E-state index contributed by atoms with van der Waals surface area (Å²) in [5, 5.41) is 20.4. The Morgan fingerprint density at radius 2 is 1.88 bits per heavy atom. The minimum Gasteiger partial charge on any atom is -0.508 e. The van der Waals surface area contributed by atoms with E-state index in [1.807, 2.05) is 6.92 Å². The van der Waals surface area contributed by atoms with Gasteiger partial charge in [-0.15, -0.1) is 0 Å². The molecule has 0 bridgehead atoms. The number of fused-ring (bicyclic) bond motifs is 1. The Bertz CT molecular complexity index is 1060. The first-order valence-electron chi connectivity index (χ1n) is 10.9. The van der Waals surface area contributed by atoms with Gasteiger partial charge in [-0.25, -0.2) is 0 Å². The van der Waals surface area contributed by atoms with E-state index >= 15 is 0 Å². The average molecular weight is 493 g/mol. The number of hydrogen-bond acceptors (Lipinski definition) is 5. The molecule has 1 saturated heterocycles. The lowest BCUT2D eigenvalue weighted by molar-refractivity contribution is -0.149. The van der Waals surface area contributed by atoms with Crippen LogP contribution in [0.2, 0.25) is 10.0 Å². The van der Waals surface area contributed by atoms with Gasteiger partial charge in [0.1, 0.15) is 17.5 Å². The molecule has 4 rings (SSSR count). The zero-order chi connectivity index (χ0) is 23.7. The number of rotatable bonds is 5. The summed E-state index contributed by atoms with van der Waals surface area (Å²) >= 11 is 12.0. The van der Waals surface area contributed by atoms with Gasteiger partial charge < -0.3 is 24.7 Å². The van der Waals surface area contributed by atoms with Gasteiger partial charge in [0.05, 0.1) is 22.7 Å². The fourth-order valence-corrected chi connectivity index (χ4v) is 4.92. The molecule has 0 radical (unpaired) electrons. The van der Waals surface area contributed by atoms with Crippen LogP contribution in [-0.4, -0.2) is 63.7 Å². The van der Waals surface area contributed by atoms with E-state index in [9.17, 15) is 19.8 Å². The van der Waals surface area contributed by atoms with Crippen molar-refractivity contribution in [2.45, 2.75) is 38.4 Å². The van der Waals surface area contributed by atoms with Crippen LogP contribution in [0.15, 0.2) is 36.4 Å². The van der Waals surface area contributed by atoms with E-state index in [1.54, 1.807) is 35.2 Å². The number of nitrogens with zero attached hydrogens (tertiary/aromatic N) is 2. The van der Waals surface area contributed by atoms with Crippen molar-refractivity contribution in [1.29, 1.82) is 0 Å². The maximum absolute atomic E-state index is 13.6. The summed E-state index contributed by atoms with van der Waals surface area (Å²) in [4.78, 5) is 30.0. The van der Waals surface area contributed by atoms with Crippen LogP contribution in [0.5, 0.6) is 11.5 Å². The monoisotopic (exact) mass is 492 g/mol. The minimum atomic E-state index is -0.747. The highest BCUT2D eigenvalue weighted by atomic mass is 35.5. The Morgan fingerprint density at radius 1 is 1.09 bits per heavy atom. The van der Waals surface area contributed by atoms with E-state index in [0.29, 0.717) is 22.3 Å². The van der Waals surface area contributed by atoms with Gasteiger partial charge in [-0.1, -0.05) is 36.2 Å². The van der Waals surface area contributed by atoms with Gasteiger partial charge in [0.15, 0.2) is 6.61 Å². The van der Waals surface area contributed by atoms with Crippen molar-refractivity contribution in [3.05, 3.63) is 57.6 Å². The fraction of sp³-hybridized carbons (Fsp3) is 0.417. The molecule has 0 aromatic heterocycles. The molecule has 1 unspecified atom stereocenters. The number of aliphatic hydroxyl groups excluding tert-OH is 1. The molecule has 1 fully saturated rings. The zero-order valence-electron chi connectivity index (χ0n) is 18.2. The molecule has 0 spiro atoms. The molecule has 9 heteroatoms. The number of phenolic OH excluding ortho intramolecular Hbond substituents is 1. The first-order chi connectivity index (χ1) is 15.8. The van der Waals surface area contributed by atoms with Crippen molar-refractivity contribution in [1.82, 2.24) is 9.80 Å². The van der Waals surface area contributed by atoms with Crippen molar-refractivity contribution < 1.29 is 24.5 Å². The van der Waals surface area contributed by atoms with E-state index < -0.39 is 6.04 Å². The number of aromatic hydroxyl groups is 1. The number of likely N-dealkylation sites (tertiary alicyclic amines) is 1. The van der Waals surface area contributed by atoms with Crippen LogP contribution in [0.1, 0.15) is 24.5 Å². The Kier molecular flexibility index (Phi) is 7.02. The van der Waals surface area contributed by atoms with Gasteiger partial charge in [-0.05, 0) is 47.7 Å². The molecule has 2 N–H and O–H groups in total. The molecule has 2 heterocycles. The van der Waals surface area contributed by atoms with E-state index in [2.05, 4.69) is 0 Å². The molecule has 3 atom stereocenters. The lowest BCUT2D eigenvalue weighted by atomic mass is 9.92. The molecule has 2 aliphatic heterocycles.